The zero-order valence-corrected chi connectivity index (χ0v) is 9.77. The van der Waals surface area contributed by atoms with Crippen LogP contribution in [0.4, 0.5) is 0 Å². The van der Waals surface area contributed by atoms with Crippen LogP contribution in [0.3, 0.4) is 0 Å². The summed E-state index contributed by atoms with van der Waals surface area (Å²) < 4.78 is 0. The van der Waals surface area contributed by atoms with Gasteiger partial charge in [0.15, 0.2) is 0 Å². The van der Waals surface area contributed by atoms with Gasteiger partial charge in [0.05, 0.1) is 0 Å². The fraction of sp³-hybridized carbons (Fsp3) is 0.846. The Hall–Kier alpha value is -0.480. The maximum atomic E-state index is 5.28. The molecule has 14 heavy (non-hydrogen) atoms. The summed E-state index contributed by atoms with van der Waals surface area (Å²) in [4.78, 5) is 0. The van der Waals surface area contributed by atoms with Crippen molar-refractivity contribution >= 4 is 0 Å². The van der Waals surface area contributed by atoms with E-state index in [9.17, 15) is 0 Å². The van der Waals surface area contributed by atoms with Gasteiger partial charge in [-0.25, -0.2) is 0 Å². The van der Waals surface area contributed by atoms with E-state index < -0.39 is 0 Å². The molecule has 0 aromatic rings. The van der Waals surface area contributed by atoms with Gasteiger partial charge in [0.25, 0.3) is 0 Å². The first-order valence-corrected chi connectivity index (χ1v) is 5.71. The van der Waals surface area contributed by atoms with Gasteiger partial charge < -0.3 is 5.32 Å². The minimum atomic E-state index is 0.256. The second-order valence-electron chi connectivity index (χ2n) is 5.47. The molecule has 80 valence electrons. The largest absolute Gasteiger partial charge is 0.312 e. The lowest BCUT2D eigenvalue weighted by atomic mass is 9.71. The van der Waals surface area contributed by atoms with Gasteiger partial charge in [0.2, 0.25) is 0 Å². The van der Waals surface area contributed by atoms with E-state index in [1.165, 1.54) is 25.8 Å². The summed E-state index contributed by atoms with van der Waals surface area (Å²) in [6.07, 6.45) is 10.2. The van der Waals surface area contributed by atoms with Crippen molar-refractivity contribution in [1.82, 2.24) is 5.32 Å². The van der Waals surface area contributed by atoms with Gasteiger partial charge in [-0.3, -0.25) is 0 Å². The molecule has 0 amide bonds. The molecule has 1 aliphatic carbocycles. The van der Waals surface area contributed by atoms with Crippen LogP contribution in [-0.4, -0.2) is 12.1 Å². The fourth-order valence-corrected chi connectivity index (χ4v) is 1.99. The van der Waals surface area contributed by atoms with Crippen LogP contribution in [0.2, 0.25) is 0 Å². The Kier molecular flexibility index (Phi) is 4.01. The Morgan fingerprint density at radius 2 is 1.93 bits per heavy atom. The van der Waals surface area contributed by atoms with Crippen LogP contribution in [0, 0.1) is 24.2 Å². The predicted octanol–water partition coefficient (Wildman–Crippen LogP) is 2.81. The van der Waals surface area contributed by atoms with E-state index in [4.69, 9.17) is 6.42 Å². The normalized spacial score (nSPS) is 26.7. The number of hydrogen-bond acceptors (Lipinski definition) is 1. The Labute approximate surface area is 88.7 Å². The van der Waals surface area contributed by atoms with Crippen molar-refractivity contribution in [1.29, 1.82) is 0 Å². The van der Waals surface area contributed by atoms with E-state index in [0.717, 1.165) is 18.3 Å². The van der Waals surface area contributed by atoms with Crippen LogP contribution in [0.25, 0.3) is 0 Å². The second-order valence-corrected chi connectivity index (χ2v) is 5.47. The smallest absolute Gasteiger partial charge is 0.00966 e. The molecule has 0 bridgehead atoms. The maximum Gasteiger partial charge on any atom is 0.00966 e. The first kappa shape index (κ1) is 11.6. The molecule has 0 heterocycles. The number of nitrogens with one attached hydrogen (secondary N) is 1. The van der Waals surface area contributed by atoms with Gasteiger partial charge in [-0.1, -0.05) is 0 Å². The first-order valence-electron chi connectivity index (χ1n) is 5.71. The molecule has 0 aliphatic heterocycles. The summed E-state index contributed by atoms with van der Waals surface area (Å²) in [5, 5.41) is 3.58. The van der Waals surface area contributed by atoms with Gasteiger partial charge in [-0.2, -0.15) is 0 Å². The van der Waals surface area contributed by atoms with Gasteiger partial charge in [-0.05, 0) is 58.4 Å². The molecule has 0 aromatic carbocycles. The SMILES string of the molecule is C#CCCC1CCC1CNC(C)(C)C. The first-order chi connectivity index (χ1) is 6.53. The molecule has 0 spiro atoms. The standard InChI is InChI=1S/C13H23N/c1-5-6-7-11-8-9-12(11)10-14-13(2,3)4/h1,11-12,14H,6-10H2,2-4H3. The van der Waals surface area contributed by atoms with Crippen molar-refractivity contribution in [2.75, 3.05) is 6.54 Å². The van der Waals surface area contributed by atoms with Crippen molar-refractivity contribution in [2.24, 2.45) is 11.8 Å². The zero-order valence-electron chi connectivity index (χ0n) is 9.77. The lowest BCUT2D eigenvalue weighted by Crippen LogP contribution is -2.43. The number of rotatable bonds is 4. The summed E-state index contributed by atoms with van der Waals surface area (Å²) in [5.41, 5.74) is 0.256. The van der Waals surface area contributed by atoms with E-state index in [1.54, 1.807) is 0 Å². The molecule has 0 radical (unpaired) electrons. The highest BCUT2D eigenvalue weighted by atomic mass is 14.9. The molecular formula is C13H23N. The van der Waals surface area contributed by atoms with Crippen LogP contribution in [0.5, 0.6) is 0 Å². The Morgan fingerprint density at radius 3 is 2.36 bits per heavy atom. The van der Waals surface area contributed by atoms with Crippen molar-refractivity contribution < 1.29 is 0 Å². The van der Waals surface area contributed by atoms with Crippen LogP contribution in [0.15, 0.2) is 0 Å². The highest BCUT2D eigenvalue weighted by Crippen LogP contribution is 2.37. The maximum absolute atomic E-state index is 5.28. The summed E-state index contributed by atoms with van der Waals surface area (Å²) >= 11 is 0. The zero-order chi connectivity index (χ0) is 10.6. The van der Waals surface area contributed by atoms with Crippen molar-refractivity contribution in [3.8, 4) is 12.3 Å². The molecule has 1 rings (SSSR count). The average molecular weight is 193 g/mol. The van der Waals surface area contributed by atoms with Crippen LogP contribution < -0.4 is 5.32 Å². The third-order valence-corrected chi connectivity index (χ3v) is 3.13. The Morgan fingerprint density at radius 1 is 1.29 bits per heavy atom. The summed E-state index contributed by atoms with van der Waals surface area (Å²) in [6, 6.07) is 0. The predicted molar refractivity (Wildman–Crippen MR) is 62.0 cm³/mol. The van der Waals surface area contributed by atoms with E-state index in [1.807, 2.05) is 0 Å². The number of terminal acetylenes is 1. The third-order valence-electron chi connectivity index (χ3n) is 3.13. The minimum absolute atomic E-state index is 0.256. The van der Waals surface area contributed by atoms with Crippen molar-refractivity contribution in [3.63, 3.8) is 0 Å². The second kappa shape index (κ2) is 4.84. The molecule has 1 heteroatoms. The summed E-state index contributed by atoms with van der Waals surface area (Å²) in [7, 11) is 0. The molecule has 1 nitrogen and oxygen atoms in total. The van der Waals surface area contributed by atoms with E-state index in [2.05, 4.69) is 32.0 Å². The fourth-order valence-electron chi connectivity index (χ4n) is 1.99. The third kappa shape index (κ3) is 3.72. The van der Waals surface area contributed by atoms with Gasteiger partial charge in [0, 0.05) is 12.0 Å². The minimum Gasteiger partial charge on any atom is -0.312 e. The van der Waals surface area contributed by atoms with Crippen LogP contribution in [-0.2, 0) is 0 Å². The van der Waals surface area contributed by atoms with E-state index in [0.29, 0.717) is 0 Å². The molecule has 1 N–H and O–H groups in total. The van der Waals surface area contributed by atoms with Crippen molar-refractivity contribution in [2.45, 2.75) is 52.0 Å². The molecule has 1 aliphatic rings. The highest BCUT2D eigenvalue weighted by molar-refractivity contribution is 4.90. The van der Waals surface area contributed by atoms with E-state index in [-0.39, 0.29) is 5.54 Å². The molecule has 1 saturated carbocycles. The van der Waals surface area contributed by atoms with Crippen molar-refractivity contribution in [3.05, 3.63) is 0 Å². The Balaban J connectivity index is 2.17. The Bertz CT molecular complexity index is 206. The molecular weight excluding hydrogens is 170 g/mol. The molecule has 0 aromatic heterocycles. The topological polar surface area (TPSA) is 12.0 Å². The quantitative estimate of drug-likeness (QED) is 0.677. The molecule has 0 saturated heterocycles. The highest BCUT2D eigenvalue weighted by Gasteiger charge is 2.30. The summed E-state index contributed by atoms with van der Waals surface area (Å²) in [5.74, 6) is 4.51. The lowest BCUT2D eigenvalue weighted by Gasteiger charge is -2.38. The van der Waals surface area contributed by atoms with Crippen LogP contribution >= 0.6 is 0 Å². The van der Waals surface area contributed by atoms with E-state index >= 15 is 0 Å². The lowest BCUT2D eigenvalue weighted by molar-refractivity contribution is 0.151. The van der Waals surface area contributed by atoms with Crippen LogP contribution in [0.1, 0.15) is 46.5 Å². The number of hydrogen-bond donors (Lipinski definition) is 1. The monoisotopic (exact) mass is 193 g/mol. The molecule has 2 atom stereocenters. The van der Waals surface area contributed by atoms with Gasteiger partial charge in [-0.15, -0.1) is 12.3 Å². The van der Waals surface area contributed by atoms with Gasteiger partial charge >= 0.3 is 0 Å². The molecule has 2 unspecified atom stereocenters. The summed E-state index contributed by atoms with van der Waals surface area (Å²) in [6.45, 7) is 7.84. The average Bonchev–Trinajstić information content (AvgIpc) is 2.01. The van der Waals surface area contributed by atoms with Gasteiger partial charge in [0.1, 0.15) is 0 Å². The molecule has 1 fully saturated rings.